The molecule has 1 aromatic heterocycles. The van der Waals surface area contributed by atoms with E-state index in [9.17, 15) is 32.0 Å². The molecule has 226 valence electrons. The van der Waals surface area contributed by atoms with Gasteiger partial charge in [-0.2, -0.15) is 35.6 Å². The lowest BCUT2D eigenvalue weighted by atomic mass is 9.83. The fraction of sp³-hybridized carbons (Fsp3) is 0.593. The Balaban J connectivity index is 0.00000187. The number of aryl methyl sites for hydroxylation is 1. The van der Waals surface area contributed by atoms with Crippen molar-refractivity contribution in [3.05, 3.63) is 41.0 Å². The van der Waals surface area contributed by atoms with Crippen molar-refractivity contribution in [2.75, 3.05) is 6.54 Å². The average molecular weight is 605 g/mol. The average Bonchev–Trinajstić information content (AvgIpc) is 3.26. The van der Waals surface area contributed by atoms with Crippen LogP contribution in [0.3, 0.4) is 0 Å². The lowest BCUT2D eigenvalue weighted by Gasteiger charge is -2.28. The van der Waals surface area contributed by atoms with Crippen molar-refractivity contribution in [3.8, 4) is 17.5 Å². The highest BCUT2D eigenvalue weighted by atomic mass is 32.1. The standard InChI is InChI=1S/C27H33F5N4O2.O2S/c1-5-22-35-23(24(37)34-15-17-8-6-16(2)7-9-17)20(14-33)36(22)19-11-10-18(12-21(19)38-25(28)29)13-26(3,4)27(30,31)32;1-3-2/h10-12,16-17,25H,5-9,13,15H2,1-4H3,(H,34,37);. The van der Waals surface area contributed by atoms with E-state index in [0.29, 0.717) is 18.4 Å². The van der Waals surface area contributed by atoms with Gasteiger partial charge in [-0.15, -0.1) is 0 Å². The van der Waals surface area contributed by atoms with Crippen LogP contribution < -0.4 is 10.1 Å². The summed E-state index contributed by atoms with van der Waals surface area (Å²) in [5.74, 6) is 0.273. The summed E-state index contributed by atoms with van der Waals surface area (Å²) in [6, 6.07) is 5.73. The van der Waals surface area contributed by atoms with Crippen molar-refractivity contribution in [1.29, 1.82) is 5.26 Å². The van der Waals surface area contributed by atoms with Crippen LogP contribution in [0.25, 0.3) is 5.69 Å². The molecule has 14 heteroatoms. The van der Waals surface area contributed by atoms with Crippen LogP contribution in [0.4, 0.5) is 22.0 Å². The molecular weight excluding hydrogens is 571 g/mol. The summed E-state index contributed by atoms with van der Waals surface area (Å²) in [5, 5.41) is 12.8. The maximum atomic E-state index is 13.4. The Hall–Kier alpha value is -3.34. The van der Waals surface area contributed by atoms with Crippen LogP contribution in [-0.2, 0) is 24.4 Å². The Morgan fingerprint density at radius 3 is 2.34 bits per heavy atom. The molecule has 1 N–H and O–H groups in total. The minimum atomic E-state index is -4.51. The van der Waals surface area contributed by atoms with E-state index >= 15 is 0 Å². The second kappa shape index (κ2) is 14.5. The Morgan fingerprint density at radius 1 is 1.22 bits per heavy atom. The van der Waals surface area contributed by atoms with E-state index < -0.39 is 47.9 Å². The second-order valence-electron chi connectivity index (χ2n) is 10.7. The summed E-state index contributed by atoms with van der Waals surface area (Å²) in [4.78, 5) is 17.3. The number of carbonyl (C=O) groups excluding carboxylic acids is 1. The number of hydrogen-bond acceptors (Lipinski definition) is 6. The molecule has 41 heavy (non-hydrogen) atoms. The third-order valence-electron chi connectivity index (χ3n) is 7.17. The molecule has 0 saturated heterocycles. The zero-order valence-corrected chi connectivity index (χ0v) is 24.0. The van der Waals surface area contributed by atoms with E-state index in [2.05, 4.69) is 22.0 Å². The molecule has 1 aliphatic carbocycles. The van der Waals surface area contributed by atoms with Crippen LogP contribution >= 0.6 is 0 Å². The number of nitrogens with zero attached hydrogens (tertiary/aromatic N) is 3. The van der Waals surface area contributed by atoms with Crippen LogP contribution in [-0.4, -0.2) is 43.2 Å². The molecule has 1 amide bonds. The number of rotatable bonds is 9. The topological polar surface area (TPSA) is 114 Å². The van der Waals surface area contributed by atoms with Gasteiger partial charge in [-0.05, 0) is 48.8 Å². The number of halogens is 5. The Kier molecular flexibility index (Phi) is 12.0. The molecule has 8 nitrogen and oxygen atoms in total. The van der Waals surface area contributed by atoms with Gasteiger partial charge in [-0.1, -0.05) is 46.6 Å². The van der Waals surface area contributed by atoms with Crippen LogP contribution in [0.5, 0.6) is 5.75 Å². The summed E-state index contributed by atoms with van der Waals surface area (Å²) < 4.78 is 89.4. The molecule has 1 saturated carbocycles. The quantitative estimate of drug-likeness (QED) is 0.355. The first-order chi connectivity index (χ1) is 19.2. The van der Waals surface area contributed by atoms with Gasteiger partial charge < -0.3 is 10.1 Å². The molecule has 0 unspecified atom stereocenters. The van der Waals surface area contributed by atoms with Crippen LogP contribution in [0.2, 0.25) is 0 Å². The van der Waals surface area contributed by atoms with Gasteiger partial charge in [0, 0.05) is 13.0 Å². The number of carbonyl (C=O) groups is 1. The highest BCUT2D eigenvalue weighted by molar-refractivity contribution is 7.51. The molecule has 1 aromatic carbocycles. The van der Waals surface area contributed by atoms with Gasteiger partial charge in [0.25, 0.3) is 5.91 Å². The minimum Gasteiger partial charge on any atom is -0.433 e. The molecule has 1 aliphatic rings. The van der Waals surface area contributed by atoms with Crippen LogP contribution in [0.15, 0.2) is 18.2 Å². The number of imidazole rings is 1. The number of hydrogen-bond donors (Lipinski definition) is 1. The van der Waals surface area contributed by atoms with Gasteiger partial charge in [0.05, 0.1) is 11.1 Å². The first kappa shape index (κ1) is 33.9. The van der Waals surface area contributed by atoms with Gasteiger partial charge >= 0.3 is 24.4 Å². The molecule has 1 fully saturated rings. The third kappa shape index (κ3) is 8.82. The molecule has 1 heterocycles. The highest BCUT2D eigenvalue weighted by Gasteiger charge is 2.47. The molecule has 0 atom stereocenters. The van der Waals surface area contributed by atoms with E-state index in [0.717, 1.165) is 45.6 Å². The van der Waals surface area contributed by atoms with Gasteiger partial charge in [0.1, 0.15) is 17.6 Å². The zero-order chi connectivity index (χ0) is 31.0. The smallest absolute Gasteiger partial charge is 0.394 e. The van der Waals surface area contributed by atoms with Gasteiger partial charge in [-0.3, -0.25) is 9.36 Å². The Morgan fingerprint density at radius 2 is 1.83 bits per heavy atom. The van der Waals surface area contributed by atoms with Crippen molar-refractivity contribution in [2.24, 2.45) is 17.3 Å². The lowest BCUT2D eigenvalue weighted by molar-refractivity contribution is -0.211. The summed E-state index contributed by atoms with van der Waals surface area (Å²) in [7, 11) is 0. The number of benzene rings is 1. The number of ether oxygens (including phenoxy) is 1. The van der Waals surface area contributed by atoms with E-state index in [4.69, 9.17) is 8.42 Å². The largest absolute Gasteiger partial charge is 0.433 e. The number of aromatic nitrogens is 2. The van der Waals surface area contributed by atoms with Crippen LogP contribution in [0.1, 0.15) is 80.9 Å². The summed E-state index contributed by atoms with van der Waals surface area (Å²) >= 11 is -0.750. The Labute approximate surface area is 238 Å². The predicted molar refractivity (Wildman–Crippen MR) is 140 cm³/mol. The van der Waals surface area contributed by atoms with E-state index in [1.54, 1.807) is 6.92 Å². The van der Waals surface area contributed by atoms with E-state index in [1.165, 1.54) is 16.7 Å². The zero-order valence-electron chi connectivity index (χ0n) is 23.2. The Bertz CT molecular complexity index is 1280. The first-order valence-corrected chi connectivity index (χ1v) is 13.7. The summed E-state index contributed by atoms with van der Waals surface area (Å²) in [6.07, 6.45) is -0.580. The third-order valence-corrected chi connectivity index (χ3v) is 7.17. The molecule has 2 aromatic rings. The second-order valence-corrected chi connectivity index (χ2v) is 10.8. The maximum Gasteiger partial charge on any atom is 0.394 e. The highest BCUT2D eigenvalue weighted by Crippen LogP contribution is 2.41. The summed E-state index contributed by atoms with van der Waals surface area (Å²) in [6.45, 7) is 3.13. The number of amides is 1. The minimum absolute atomic E-state index is 0.0138. The SMILES string of the molecule is CCc1nc(C(=O)NCC2CCC(C)CC2)c(C#N)n1-c1ccc(CC(C)(C)C(F)(F)F)cc1OC(F)F.O=S=O. The van der Waals surface area contributed by atoms with E-state index in [-0.39, 0.29) is 34.9 Å². The maximum absolute atomic E-state index is 13.4. The fourth-order valence-corrected chi connectivity index (χ4v) is 4.73. The number of nitrogens with one attached hydrogen (secondary N) is 1. The molecule has 0 bridgehead atoms. The fourth-order valence-electron chi connectivity index (χ4n) is 4.73. The van der Waals surface area contributed by atoms with Gasteiger partial charge in [0.15, 0.2) is 11.4 Å². The van der Waals surface area contributed by atoms with E-state index in [1.807, 2.05) is 6.07 Å². The van der Waals surface area contributed by atoms with Gasteiger partial charge in [0.2, 0.25) is 0 Å². The molecule has 0 aliphatic heterocycles. The molecule has 0 spiro atoms. The number of alkyl halides is 5. The van der Waals surface area contributed by atoms with Crippen molar-refractivity contribution in [2.45, 2.75) is 79.0 Å². The number of nitriles is 1. The monoisotopic (exact) mass is 604 g/mol. The lowest BCUT2D eigenvalue weighted by Crippen LogP contribution is -2.34. The van der Waals surface area contributed by atoms with Crippen molar-refractivity contribution in [3.63, 3.8) is 0 Å². The van der Waals surface area contributed by atoms with Gasteiger partial charge in [-0.25, -0.2) is 4.98 Å². The predicted octanol–water partition coefficient (Wildman–Crippen LogP) is 5.92. The molecule has 3 rings (SSSR count). The van der Waals surface area contributed by atoms with Crippen molar-refractivity contribution >= 4 is 17.5 Å². The van der Waals surface area contributed by atoms with Crippen LogP contribution in [0, 0.1) is 28.6 Å². The van der Waals surface area contributed by atoms with Crippen molar-refractivity contribution < 1.29 is 39.9 Å². The van der Waals surface area contributed by atoms with Crippen molar-refractivity contribution in [1.82, 2.24) is 14.9 Å². The molecular formula is C27H33F5N4O4S. The molecule has 0 radical (unpaired) electrons. The first-order valence-electron chi connectivity index (χ1n) is 13.1. The summed E-state index contributed by atoms with van der Waals surface area (Å²) in [5.41, 5.74) is -2.30. The normalized spacial score (nSPS) is 17.3.